The van der Waals surface area contributed by atoms with E-state index in [1.54, 1.807) is 12.1 Å². The maximum Gasteiger partial charge on any atom is 0.337 e. The van der Waals surface area contributed by atoms with Gasteiger partial charge in [-0.25, -0.2) is 4.79 Å². The number of rotatable bonds is 5. The second-order valence-electron chi connectivity index (χ2n) is 5.41. The molecule has 1 aromatic rings. The number of carboxylic acid groups (broad SMARTS) is 1. The third kappa shape index (κ3) is 3.49. The molecule has 1 aliphatic carbocycles. The molecule has 0 amide bonds. The van der Waals surface area contributed by atoms with Crippen LogP contribution in [0.3, 0.4) is 0 Å². The van der Waals surface area contributed by atoms with Crippen LogP contribution < -0.4 is 5.32 Å². The molecule has 2 rings (SSSR count). The first-order valence-electron chi connectivity index (χ1n) is 7.31. The fraction of sp³-hybridized carbons (Fsp3) is 0.562. The average Bonchev–Trinajstić information content (AvgIpc) is 2.46. The predicted molar refractivity (Wildman–Crippen MR) is 77.7 cm³/mol. The molecular formula is C16H23NO2. The Morgan fingerprint density at radius 2 is 2.00 bits per heavy atom. The largest absolute Gasteiger partial charge is 0.478 e. The molecule has 1 aliphatic rings. The summed E-state index contributed by atoms with van der Waals surface area (Å²) in [5.41, 5.74) is 1.13. The molecule has 0 aromatic heterocycles. The van der Waals surface area contributed by atoms with Gasteiger partial charge in [-0.15, -0.1) is 0 Å². The molecule has 0 aliphatic heterocycles. The third-order valence-electron chi connectivity index (χ3n) is 4.16. The SMILES string of the molecule is CCC(Nc1ccccc1C(=O)O)C1CCCCC1. The number of benzene rings is 1. The minimum Gasteiger partial charge on any atom is -0.478 e. The van der Waals surface area contributed by atoms with Crippen molar-refractivity contribution in [3.8, 4) is 0 Å². The zero-order valence-corrected chi connectivity index (χ0v) is 11.6. The van der Waals surface area contributed by atoms with Gasteiger partial charge in [0.2, 0.25) is 0 Å². The third-order valence-corrected chi connectivity index (χ3v) is 4.16. The molecule has 1 saturated carbocycles. The van der Waals surface area contributed by atoms with Crippen molar-refractivity contribution in [2.45, 2.75) is 51.5 Å². The topological polar surface area (TPSA) is 49.3 Å². The fourth-order valence-corrected chi connectivity index (χ4v) is 3.08. The van der Waals surface area contributed by atoms with Gasteiger partial charge in [0, 0.05) is 11.7 Å². The van der Waals surface area contributed by atoms with E-state index in [0.29, 0.717) is 17.5 Å². The Bertz CT molecular complexity index is 425. The van der Waals surface area contributed by atoms with Gasteiger partial charge in [-0.05, 0) is 37.3 Å². The van der Waals surface area contributed by atoms with Gasteiger partial charge in [0.25, 0.3) is 0 Å². The summed E-state index contributed by atoms with van der Waals surface area (Å²) in [5, 5.41) is 12.7. The van der Waals surface area contributed by atoms with Gasteiger partial charge in [-0.2, -0.15) is 0 Å². The van der Waals surface area contributed by atoms with E-state index in [2.05, 4.69) is 12.2 Å². The molecular weight excluding hydrogens is 238 g/mol. The van der Waals surface area contributed by atoms with Gasteiger partial charge in [0.05, 0.1) is 5.56 Å². The highest BCUT2D eigenvalue weighted by molar-refractivity contribution is 5.94. The minimum absolute atomic E-state index is 0.372. The lowest BCUT2D eigenvalue weighted by Crippen LogP contribution is -2.30. The zero-order valence-electron chi connectivity index (χ0n) is 11.6. The number of para-hydroxylation sites is 1. The Hall–Kier alpha value is -1.51. The molecule has 0 bridgehead atoms. The van der Waals surface area contributed by atoms with Crippen molar-refractivity contribution in [3.05, 3.63) is 29.8 Å². The van der Waals surface area contributed by atoms with E-state index in [1.165, 1.54) is 32.1 Å². The van der Waals surface area contributed by atoms with Gasteiger partial charge in [-0.1, -0.05) is 38.3 Å². The maximum absolute atomic E-state index is 11.2. The lowest BCUT2D eigenvalue weighted by molar-refractivity contribution is 0.0698. The van der Waals surface area contributed by atoms with E-state index in [9.17, 15) is 9.90 Å². The maximum atomic E-state index is 11.2. The molecule has 0 heterocycles. The van der Waals surface area contributed by atoms with E-state index in [1.807, 2.05) is 12.1 Å². The van der Waals surface area contributed by atoms with Crippen LogP contribution in [0.25, 0.3) is 0 Å². The minimum atomic E-state index is -0.860. The monoisotopic (exact) mass is 261 g/mol. The van der Waals surface area contributed by atoms with Gasteiger partial charge in [0.15, 0.2) is 0 Å². The summed E-state index contributed by atoms with van der Waals surface area (Å²) >= 11 is 0. The molecule has 1 atom stereocenters. The summed E-state index contributed by atoms with van der Waals surface area (Å²) < 4.78 is 0. The molecule has 3 heteroatoms. The standard InChI is InChI=1S/C16H23NO2/c1-2-14(12-8-4-3-5-9-12)17-15-11-7-6-10-13(15)16(18)19/h6-7,10-12,14,17H,2-5,8-9H2,1H3,(H,18,19). The first-order chi connectivity index (χ1) is 9.22. The summed E-state index contributed by atoms with van der Waals surface area (Å²) in [7, 11) is 0. The Kier molecular flexibility index (Phi) is 4.83. The molecule has 0 saturated heterocycles. The molecule has 1 aromatic carbocycles. The lowest BCUT2D eigenvalue weighted by Gasteiger charge is -2.31. The Morgan fingerprint density at radius 1 is 1.32 bits per heavy atom. The molecule has 1 unspecified atom stereocenters. The van der Waals surface area contributed by atoms with Gasteiger partial charge in [-0.3, -0.25) is 0 Å². The van der Waals surface area contributed by atoms with Crippen LogP contribution in [0.5, 0.6) is 0 Å². The highest BCUT2D eigenvalue weighted by atomic mass is 16.4. The van der Waals surface area contributed by atoms with Crippen LogP contribution >= 0.6 is 0 Å². The van der Waals surface area contributed by atoms with Crippen molar-refractivity contribution in [2.75, 3.05) is 5.32 Å². The summed E-state index contributed by atoms with van der Waals surface area (Å²) in [6.07, 6.45) is 7.53. The Balaban J connectivity index is 2.11. The van der Waals surface area contributed by atoms with Crippen LogP contribution in [0.15, 0.2) is 24.3 Å². The number of carbonyl (C=O) groups is 1. The van der Waals surface area contributed by atoms with Crippen molar-refractivity contribution < 1.29 is 9.90 Å². The molecule has 2 N–H and O–H groups in total. The first-order valence-corrected chi connectivity index (χ1v) is 7.31. The van der Waals surface area contributed by atoms with Crippen molar-refractivity contribution in [3.63, 3.8) is 0 Å². The lowest BCUT2D eigenvalue weighted by atomic mass is 9.82. The highest BCUT2D eigenvalue weighted by Gasteiger charge is 2.23. The first kappa shape index (κ1) is 13.9. The Morgan fingerprint density at radius 3 is 2.63 bits per heavy atom. The number of aromatic carboxylic acids is 1. The summed E-state index contributed by atoms with van der Waals surface area (Å²) in [4.78, 5) is 11.2. The number of carboxylic acids is 1. The predicted octanol–water partition coefficient (Wildman–Crippen LogP) is 4.16. The zero-order chi connectivity index (χ0) is 13.7. The number of anilines is 1. The molecule has 104 valence electrons. The van der Waals surface area contributed by atoms with Crippen LogP contribution in [0, 0.1) is 5.92 Å². The number of nitrogens with one attached hydrogen (secondary N) is 1. The number of hydrogen-bond donors (Lipinski definition) is 2. The van der Waals surface area contributed by atoms with E-state index in [0.717, 1.165) is 12.1 Å². The van der Waals surface area contributed by atoms with Crippen LogP contribution in [-0.2, 0) is 0 Å². The van der Waals surface area contributed by atoms with Gasteiger partial charge < -0.3 is 10.4 Å². The van der Waals surface area contributed by atoms with Crippen molar-refractivity contribution in [1.82, 2.24) is 0 Å². The van der Waals surface area contributed by atoms with E-state index in [-0.39, 0.29) is 0 Å². The van der Waals surface area contributed by atoms with E-state index in [4.69, 9.17) is 0 Å². The quantitative estimate of drug-likeness (QED) is 0.837. The molecule has 0 radical (unpaired) electrons. The van der Waals surface area contributed by atoms with E-state index >= 15 is 0 Å². The average molecular weight is 261 g/mol. The van der Waals surface area contributed by atoms with Gasteiger partial charge in [0.1, 0.15) is 0 Å². The molecule has 0 spiro atoms. The normalized spacial score (nSPS) is 17.9. The summed E-state index contributed by atoms with van der Waals surface area (Å²) in [6.45, 7) is 2.18. The second-order valence-corrected chi connectivity index (χ2v) is 5.41. The van der Waals surface area contributed by atoms with Gasteiger partial charge >= 0.3 is 5.97 Å². The fourth-order valence-electron chi connectivity index (χ4n) is 3.08. The Labute approximate surface area is 115 Å². The summed E-state index contributed by atoms with van der Waals surface area (Å²) in [5.74, 6) is -0.179. The van der Waals surface area contributed by atoms with Crippen molar-refractivity contribution in [2.24, 2.45) is 5.92 Å². The molecule has 1 fully saturated rings. The summed E-state index contributed by atoms with van der Waals surface area (Å²) in [6, 6.07) is 7.59. The van der Waals surface area contributed by atoms with Crippen molar-refractivity contribution in [1.29, 1.82) is 0 Å². The van der Waals surface area contributed by atoms with Crippen LogP contribution in [0.4, 0.5) is 5.69 Å². The smallest absolute Gasteiger partial charge is 0.337 e. The van der Waals surface area contributed by atoms with Crippen LogP contribution in [-0.4, -0.2) is 17.1 Å². The highest BCUT2D eigenvalue weighted by Crippen LogP contribution is 2.30. The second kappa shape index (κ2) is 6.60. The van der Waals surface area contributed by atoms with Crippen LogP contribution in [0.1, 0.15) is 55.8 Å². The van der Waals surface area contributed by atoms with Crippen LogP contribution in [0.2, 0.25) is 0 Å². The van der Waals surface area contributed by atoms with Crippen molar-refractivity contribution >= 4 is 11.7 Å². The molecule has 3 nitrogen and oxygen atoms in total. The molecule has 19 heavy (non-hydrogen) atoms. The number of hydrogen-bond acceptors (Lipinski definition) is 2. The van der Waals surface area contributed by atoms with E-state index < -0.39 is 5.97 Å².